The molecule has 0 saturated carbocycles. The molecule has 0 bridgehead atoms. The number of aliphatic carboxylic acids is 1. The Morgan fingerprint density at radius 1 is 0.588 bits per heavy atom. The van der Waals surface area contributed by atoms with Gasteiger partial charge in [-0.3, -0.25) is 29.2 Å². The normalized spacial score (nSPS) is 15.2. The zero-order valence-electron chi connectivity index (χ0n) is 37.9. The SMILES string of the molecule is CCCC(=O)C[C@@H]1N=C(c2ccc(F)cc2)c2ccc(CS(C)(=O)=O)cc2-c2cn(C)c(=O)cc21.Cn1cc2c(cc1=O)[C@H](CC(=O)O)N=C(c1ccc(F)cc1)c1ccc(CS(C)(=O)=O)cc1-2. The number of aliphatic imine (C=N–C) groups is 2. The third kappa shape index (κ3) is 11.4. The van der Waals surface area contributed by atoms with Crippen LogP contribution in [0, 0.1) is 11.6 Å². The number of fused-ring (bicyclic) bond motifs is 6. The highest BCUT2D eigenvalue weighted by atomic mass is 32.2. The minimum absolute atomic E-state index is 0.0371. The summed E-state index contributed by atoms with van der Waals surface area (Å²) in [7, 11) is -3.36. The maximum atomic E-state index is 13.7. The largest absolute Gasteiger partial charge is 0.481 e. The number of sulfone groups is 2. The first-order valence-corrected chi connectivity index (χ1v) is 25.6. The Kier molecular flexibility index (Phi) is 14.2. The fourth-order valence-electron chi connectivity index (χ4n) is 8.46. The minimum Gasteiger partial charge on any atom is -0.481 e. The molecule has 8 rings (SSSR count). The zero-order chi connectivity index (χ0) is 49.2. The van der Waals surface area contributed by atoms with Crippen LogP contribution in [0.5, 0.6) is 0 Å². The van der Waals surface area contributed by atoms with Crippen molar-refractivity contribution in [1.82, 2.24) is 9.13 Å². The Morgan fingerprint density at radius 2 is 0.985 bits per heavy atom. The summed E-state index contributed by atoms with van der Waals surface area (Å²) in [5.41, 5.74) is 7.89. The number of carbonyl (C=O) groups excluding carboxylic acids is 1. The first-order chi connectivity index (χ1) is 32.1. The van der Waals surface area contributed by atoms with Gasteiger partial charge in [-0.1, -0.05) is 31.2 Å². The number of carboxylic acids is 1. The second-order valence-electron chi connectivity index (χ2n) is 17.2. The van der Waals surface area contributed by atoms with E-state index in [1.807, 2.05) is 13.0 Å². The summed E-state index contributed by atoms with van der Waals surface area (Å²) in [6, 6.07) is 23.5. The Balaban J connectivity index is 0.000000202. The number of Topliss-reactive ketones (excluding diaryl/α,β-unsaturated/α-hetero) is 1. The zero-order valence-corrected chi connectivity index (χ0v) is 39.5. The number of benzene rings is 4. The molecule has 4 heterocycles. The molecule has 0 aliphatic carbocycles. The van der Waals surface area contributed by atoms with Crippen LogP contribution in [0.2, 0.25) is 0 Å². The van der Waals surface area contributed by atoms with Gasteiger partial charge in [0.1, 0.15) is 17.4 Å². The van der Waals surface area contributed by atoms with E-state index in [-0.39, 0.29) is 47.1 Å². The van der Waals surface area contributed by atoms with Crippen molar-refractivity contribution in [2.75, 3.05) is 12.5 Å². The predicted molar refractivity (Wildman–Crippen MR) is 258 cm³/mol. The molecule has 6 aromatic rings. The van der Waals surface area contributed by atoms with E-state index >= 15 is 0 Å². The summed E-state index contributed by atoms with van der Waals surface area (Å²) in [5, 5.41) is 9.52. The van der Waals surface area contributed by atoms with Crippen LogP contribution in [-0.4, -0.2) is 66.8 Å². The van der Waals surface area contributed by atoms with Gasteiger partial charge < -0.3 is 14.2 Å². The molecule has 352 valence electrons. The van der Waals surface area contributed by atoms with Crippen molar-refractivity contribution in [1.29, 1.82) is 0 Å². The number of aromatic nitrogens is 2. The monoisotopic (exact) mass is 962 g/mol. The number of halogens is 2. The van der Waals surface area contributed by atoms with E-state index in [1.165, 1.54) is 51.8 Å². The molecule has 2 aromatic heterocycles. The average molecular weight is 963 g/mol. The Morgan fingerprint density at radius 3 is 1.35 bits per heavy atom. The quantitative estimate of drug-likeness (QED) is 0.129. The van der Waals surface area contributed by atoms with Gasteiger partial charge in [-0.25, -0.2) is 25.6 Å². The fraction of sp³-hybridized carbons (Fsp3) is 0.255. The van der Waals surface area contributed by atoms with Crippen LogP contribution in [0.4, 0.5) is 8.78 Å². The summed E-state index contributed by atoms with van der Waals surface area (Å²) in [6.07, 6.45) is 6.53. The minimum atomic E-state index is -3.31. The van der Waals surface area contributed by atoms with Gasteiger partial charge in [-0.15, -0.1) is 0 Å². The van der Waals surface area contributed by atoms with E-state index in [2.05, 4.69) is 0 Å². The highest BCUT2D eigenvalue weighted by molar-refractivity contribution is 7.90. The Labute approximate surface area is 392 Å². The molecule has 1 N–H and O–H groups in total. The van der Waals surface area contributed by atoms with Crippen LogP contribution in [0.3, 0.4) is 0 Å². The molecule has 68 heavy (non-hydrogen) atoms. The number of nitrogens with zero attached hydrogens (tertiary/aromatic N) is 4. The highest BCUT2D eigenvalue weighted by Gasteiger charge is 2.30. The number of hydrogen-bond acceptors (Lipinski definition) is 10. The lowest BCUT2D eigenvalue weighted by atomic mass is 9.90. The van der Waals surface area contributed by atoms with Crippen LogP contribution in [0.1, 0.15) is 89.2 Å². The smallest absolute Gasteiger partial charge is 0.305 e. The van der Waals surface area contributed by atoms with Gasteiger partial charge in [0.15, 0.2) is 19.7 Å². The number of ketones is 1. The summed E-state index contributed by atoms with van der Waals surface area (Å²) in [5.74, 6) is -2.17. The second-order valence-corrected chi connectivity index (χ2v) is 21.5. The van der Waals surface area contributed by atoms with E-state index < -0.39 is 43.5 Å². The molecule has 0 fully saturated rings. The lowest BCUT2D eigenvalue weighted by Crippen LogP contribution is -2.18. The molecule has 2 aliphatic heterocycles. The lowest BCUT2D eigenvalue weighted by Gasteiger charge is -2.16. The average Bonchev–Trinajstić information content (AvgIpc) is 3.45. The van der Waals surface area contributed by atoms with E-state index in [0.717, 1.165) is 11.8 Å². The van der Waals surface area contributed by atoms with Gasteiger partial charge in [0, 0.05) is 97.4 Å². The van der Waals surface area contributed by atoms with Gasteiger partial charge in [0.25, 0.3) is 11.1 Å². The van der Waals surface area contributed by atoms with Crippen molar-refractivity contribution in [2.24, 2.45) is 24.1 Å². The van der Waals surface area contributed by atoms with Crippen LogP contribution in [0.15, 0.2) is 129 Å². The number of carbonyl (C=O) groups is 2. The number of hydrogen-bond donors (Lipinski definition) is 1. The Bertz CT molecular complexity index is 3400. The molecule has 4 aromatic carbocycles. The van der Waals surface area contributed by atoms with E-state index in [0.29, 0.717) is 85.5 Å². The molecule has 13 nitrogen and oxygen atoms in total. The summed E-state index contributed by atoms with van der Waals surface area (Å²) >= 11 is 0. The highest BCUT2D eigenvalue weighted by Crippen LogP contribution is 2.41. The van der Waals surface area contributed by atoms with E-state index in [1.54, 1.807) is 81.1 Å². The third-order valence-corrected chi connectivity index (χ3v) is 13.2. The standard InChI is InChI=1S/C27H27FN2O4S.C24H21FN2O5S/c1-4-5-20(31)13-25-23-14-26(32)30(2)15-24(23)22-12-17(16-35(3,33)34)6-11-21(22)27(29-25)18-7-9-19(28)10-8-18;1-27-12-20-18-9-14(13-33(2,31)32)3-8-17(18)24(15-4-6-16(25)7-5-15)26-21(11-23(29)30)19(20)10-22(27)28/h6-12,14-15,25H,4-5,13,16H2,1-3H3;3-10,12,21H,11,13H2,1-2H3,(H,29,30)/t25-;21-/m00/s1. The molecular weight excluding hydrogens is 915 g/mol. The van der Waals surface area contributed by atoms with Crippen LogP contribution in [-0.2, 0) is 54.9 Å². The maximum absolute atomic E-state index is 13.7. The fourth-order valence-corrected chi connectivity index (χ4v) is 10.0. The molecule has 0 radical (unpaired) electrons. The molecule has 0 saturated heterocycles. The van der Waals surface area contributed by atoms with Crippen LogP contribution >= 0.6 is 0 Å². The molecule has 2 atom stereocenters. The first-order valence-electron chi connectivity index (χ1n) is 21.5. The van der Waals surface area contributed by atoms with Crippen molar-refractivity contribution in [3.8, 4) is 22.3 Å². The lowest BCUT2D eigenvalue weighted by molar-refractivity contribution is -0.137. The predicted octanol–water partition coefficient (Wildman–Crippen LogP) is 7.49. The number of aryl methyl sites for hydroxylation is 2. The van der Waals surface area contributed by atoms with Crippen LogP contribution < -0.4 is 11.1 Å². The van der Waals surface area contributed by atoms with Crippen molar-refractivity contribution in [2.45, 2.75) is 56.2 Å². The topological polar surface area (TPSA) is 191 Å². The number of pyridine rings is 2. The number of rotatable bonds is 12. The van der Waals surface area contributed by atoms with E-state index in [4.69, 9.17) is 9.98 Å². The van der Waals surface area contributed by atoms with Gasteiger partial charge in [-0.05, 0) is 100 Å². The second kappa shape index (κ2) is 19.7. The molecule has 0 unspecified atom stereocenters. The molecule has 2 aliphatic rings. The van der Waals surface area contributed by atoms with Crippen molar-refractivity contribution in [3.05, 3.63) is 186 Å². The van der Waals surface area contributed by atoms with Gasteiger partial charge >= 0.3 is 5.97 Å². The molecule has 0 amide bonds. The van der Waals surface area contributed by atoms with Crippen molar-refractivity contribution >= 4 is 42.9 Å². The maximum Gasteiger partial charge on any atom is 0.305 e. The Hall–Kier alpha value is -6.98. The molecule has 17 heteroatoms. The molecular formula is C51H48F2N4O9S2. The van der Waals surface area contributed by atoms with Gasteiger partial charge in [-0.2, -0.15) is 0 Å². The van der Waals surface area contributed by atoms with Gasteiger partial charge in [0.2, 0.25) is 0 Å². The summed E-state index contributed by atoms with van der Waals surface area (Å²) in [4.78, 5) is 59.1. The summed E-state index contributed by atoms with van der Waals surface area (Å²) < 4.78 is 77.9. The van der Waals surface area contributed by atoms with Crippen molar-refractivity contribution in [3.63, 3.8) is 0 Å². The summed E-state index contributed by atoms with van der Waals surface area (Å²) in [6.45, 7) is 1.93. The van der Waals surface area contributed by atoms with E-state index in [9.17, 15) is 49.9 Å². The number of carboxylic acid groups (broad SMARTS) is 1. The van der Waals surface area contributed by atoms with Crippen molar-refractivity contribution < 1.29 is 40.3 Å². The first kappa shape index (κ1) is 48.9. The van der Waals surface area contributed by atoms with Crippen LogP contribution in [0.25, 0.3) is 22.3 Å². The van der Waals surface area contributed by atoms with Gasteiger partial charge in [0.05, 0.1) is 41.4 Å². The molecule has 0 spiro atoms. The third-order valence-electron chi connectivity index (χ3n) is 11.5.